The number of urea groups is 1. The highest BCUT2D eigenvalue weighted by atomic mass is 16.5. The van der Waals surface area contributed by atoms with Crippen LogP contribution in [0.1, 0.15) is 10.4 Å². The van der Waals surface area contributed by atoms with Crippen molar-refractivity contribution in [1.29, 1.82) is 0 Å². The predicted octanol–water partition coefficient (Wildman–Crippen LogP) is 0.746. The first kappa shape index (κ1) is 17.9. The van der Waals surface area contributed by atoms with Crippen LogP contribution in [0.4, 0.5) is 10.5 Å². The van der Waals surface area contributed by atoms with Crippen LogP contribution in [-0.2, 0) is 4.74 Å². The van der Waals surface area contributed by atoms with Crippen LogP contribution in [0.25, 0.3) is 0 Å². The molecular weight excluding hydrogens is 284 g/mol. The van der Waals surface area contributed by atoms with E-state index in [2.05, 4.69) is 16.0 Å². The van der Waals surface area contributed by atoms with Crippen LogP contribution in [0.3, 0.4) is 0 Å². The normalized spacial score (nSPS) is 10.1. The van der Waals surface area contributed by atoms with Gasteiger partial charge in [0.05, 0.1) is 6.61 Å². The van der Waals surface area contributed by atoms with Crippen LogP contribution < -0.4 is 16.0 Å². The Morgan fingerprint density at radius 1 is 1.18 bits per heavy atom. The second kappa shape index (κ2) is 9.75. The number of anilines is 1. The van der Waals surface area contributed by atoms with Gasteiger partial charge in [-0.1, -0.05) is 6.07 Å². The van der Waals surface area contributed by atoms with Gasteiger partial charge in [-0.25, -0.2) is 4.79 Å². The number of methoxy groups -OCH3 is 1. The summed E-state index contributed by atoms with van der Waals surface area (Å²) >= 11 is 0. The van der Waals surface area contributed by atoms with Crippen molar-refractivity contribution >= 4 is 17.6 Å². The second-order valence-electron chi connectivity index (χ2n) is 4.90. The first-order chi connectivity index (χ1) is 10.5. The van der Waals surface area contributed by atoms with Crippen molar-refractivity contribution in [2.45, 2.75) is 0 Å². The third-order valence-corrected chi connectivity index (χ3v) is 2.85. The molecule has 0 unspecified atom stereocenters. The van der Waals surface area contributed by atoms with Crippen molar-refractivity contribution in [3.63, 3.8) is 0 Å². The fourth-order valence-electron chi connectivity index (χ4n) is 1.64. The van der Waals surface area contributed by atoms with E-state index in [4.69, 9.17) is 4.74 Å². The average Bonchev–Trinajstić information content (AvgIpc) is 2.50. The van der Waals surface area contributed by atoms with Gasteiger partial charge in [-0.3, -0.25) is 4.79 Å². The molecule has 122 valence electrons. The van der Waals surface area contributed by atoms with E-state index in [-0.39, 0.29) is 11.9 Å². The molecule has 0 heterocycles. The predicted molar refractivity (Wildman–Crippen MR) is 86.2 cm³/mol. The number of rotatable bonds is 8. The maximum Gasteiger partial charge on any atom is 0.321 e. The highest BCUT2D eigenvalue weighted by Gasteiger charge is 2.08. The van der Waals surface area contributed by atoms with Crippen LogP contribution in [0, 0.1) is 0 Å². The third kappa shape index (κ3) is 6.55. The summed E-state index contributed by atoms with van der Waals surface area (Å²) in [5.41, 5.74) is 1.10. The molecule has 0 atom stereocenters. The van der Waals surface area contributed by atoms with Crippen molar-refractivity contribution in [3.8, 4) is 0 Å². The summed E-state index contributed by atoms with van der Waals surface area (Å²) in [6.45, 7) is 2.59. The Balaban J connectivity index is 2.44. The fourth-order valence-corrected chi connectivity index (χ4v) is 1.64. The van der Waals surface area contributed by atoms with Gasteiger partial charge in [-0.05, 0) is 18.2 Å². The highest BCUT2D eigenvalue weighted by molar-refractivity contribution is 5.96. The van der Waals surface area contributed by atoms with Gasteiger partial charge in [0.15, 0.2) is 0 Å². The number of hydrogen-bond acceptors (Lipinski definition) is 4. The van der Waals surface area contributed by atoms with Gasteiger partial charge in [0.25, 0.3) is 5.91 Å². The Morgan fingerprint density at radius 3 is 2.64 bits per heavy atom. The third-order valence-electron chi connectivity index (χ3n) is 2.85. The SMILES string of the molecule is COCCNCCNC(=O)c1cccc(NC(=O)N(C)C)c1. The molecule has 0 radical (unpaired) electrons. The maximum absolute atomic E-state index is 12.0. The van der Waals surface area contributed by atoms with Crippen molar-refractivity contribution in [2.24, 2.45) is 0 Å². The number of carbonyl (C=O) groups excluding carboxylic acids is 2. The summed E-state index contributed by atoms with van der Waals surface area (Å²) < 4.78 is 4.91. The zero-order valence-corrected chi connectivity index (χ0v) is 13.3. The Morgan fingerprint density at radius 2 is 1.95 bits per heavy atom. The summed E-state index contributed by atoms with van der Waals surface area (Å²) in [6.07, 6.45) is 0. The number of carbonyl (C=O) groups is 2. The minimum Gasteiger partial charge on any atom is -0.383 e. The average molecular weight is 308 g/mol. The highest BCUT2D eigenvalue weighted by Crippen LogP contribution is 2.11. The molecule has 3 N–H and O–H groups in total. The van der Waals surface area contributed by atoms with E-state index >= 15 is 0 Å². The number of nitrogens with one attached hydrogen (secondary N) is 3. The smallest absolute Gasteiger partial charge is 0.321 e. The number of hydrogen-bond donors (Lipinski definition) is 3. The van der Waals surface area contributed by atoms with Crippen molar-refractivity contribution in [2.75, 3.05) is 52.8 Å². The first-order valence-corrected chi connectivity index (χ1v) is 7.11. The lowest BCUT2D eigenvalue weighted by atomic mass is 10.2. The molecule has 0 bridgehead atoms. The zero-order valence-electron chi connectivity index (χ0n) is 13.3. The molecule has 0 saturated heterocycles. The van der Waals surface area contributed by atoms with E-state index in [0.717, 1.165) is 6.54 Å². The number of benzene rings is 1. The summed E-state index contributed by atoms with van der Waals surface area (Å²) in [5.74, 6) is -0.172. The van der Waals surface area contributed by atoms with Gasteiger partial charge < -0.3 is 25.6 Å². The molecule has 22 heavy (non-hydrogen) atoms. The molecule has 0 fully saturated rings. The van der Waals surface area contributed by atoms with Gasteiger partial charge >= 0.3 is 6.03 Å². The lowest BCUT2D eigenvalue weighted by Gasteiger charge is -2.12. The van der Waals surface area contributed by atoms with Crippen molar-refractivity contribution in [1.82, 2.24) is 15.5 Å². The summed E-state index contributed by atoms with van der Waals surface area (Å²) in [6, 6.07) is 6.59. The molecular formula is C15H24N4O3. The topological polar surface area (TPSA) is 82.7 Å². The van der Waals surface area contributed by atoms with Crippen LogP contribution in [-0.4, -0.2) is 64.3 Å². The largest absolute Gasteiger partial charge is 0.383 e. The van der Waals surface area contributed by atoms with E-state index in [0.29, 0.717) is 30.9 Å². The Bertz CT molecular complexity index is 491. The molecule has 1 aromatic rings. The molecule has 0 spiro atoms. The summed E-state index contributed by atoms with van der Waals surface area (Å²) in [4.78, 5) is 25.0. The van der Waals surface area contributed by atoms with E-state index in [1.165, 1.54) is 4.90 Å². The molecule has 0 aromatic heterocycles. The van der Waals surface area contributed by atoms with E-state index < -0.39 is 0 Å². The second-order valence-corrected chi connectivity index (χ2v) is 4.90. The van der Waals surface area contributed by atoms with Crippen molar-refractivity contribution < 1.29 is 14.3 Å². The number of amides is 3. The molecule has 1 aromatic carbocycles. The van der Waals surface area contributed by atoms with E-state index in [1.54, 1.807) is 45.5 Å². The van der Waals surface area contributed by atoms with Gasteiger partial charge in [0, 0.05) is 52.1 Å². The van der Waals surface area contributed by atoms with Gasteiger partial charge in [0.1, 0.15) is 0 Å². The summed E-state index contributed by atoms with van der Waals surface area (Å²) in [5, 5.41) is 8.66. The Labute approximate surface area is 131 Å². The molecule has 7 heteroatoms. The monoisotopic (exact) mass is 308 g/mol. The first-order valence-electron chi connectivity index (χ1n) is 7.11. The molecule has 0 aliphatic rings. The minimum absolute atomic E-state index is 0.172. The minimum atomic E-state index is -0.236. The molecule has 7 nitrogen and oxygen atoms in total. The maximum atomic E-state index is 12.0. The quantitative estimate of drug-likeness (QED) is 0.619. The Hall–Kier alpha value is -2.12. The van der Waals surface area contributed by atoms with E-state index in [9.17, 15) is 9.59 Å². The molecule has 0 saturated carbocycles. The van der Waals surface area contributed by atoms with Gasteiger partial charge in [0.2, 0.25) is 0 Å². The van der Waals surface area contributed by atoms with Crippen LogP contribution >= 0.6 is 0 Å². The lowest BCUT2D eigenvalue weighted by Crippen LogP contribution is -2.33. The lowest BCUT2D eigenvalue weighted by molar-refractivity contribution is 0.0953. The number of ether oxygens (including phenoxy) is 1. The van der Waals surface area contributed by atoms with Gasteiger partial charge in [-0.15, -0.1) is 0 Å². The molecule has 0 aliphatic carbocycles. The van der Waals surface area contributed by atoms with Crippen LogP contribution in [0.2, 0.25) is 0 Å². The zero-order chi connectivity index (χ0) is 16.4. The van der Waals surface area contributed by atoms with Crippen LogP contribution in [0.15, 0.2) is 24.3 Å². The standard InChI is InChI=1S/C15H24N4O3/c1-19(2)15(21)18-13-6-4-5-12(11-13)14(20)17-8-7-16-9-10-22-3/h4-6,11,16H,7-10H2,1-3H3,(H,17,20)(H,18,21). The number of nitrogens with zero attached hydrogens (tertiary/aromatic N) is 1. The molecule has 0 aliphatic heterocycles. The molecule has 1 rings (SSSR count). The summed E-state index contributed by atoms with van der Waals surface area (Å²) in [7, 11) is 4.95. The Kier molecular flexibility index (Phi) is 7.95. The molecule has 3 amide bonds. The van der Waals surface area contributed by atoms with E-state index in [1.807, 2.05) is 0 Å². The van der Waals surface area contributed by atoms with Gasteiger partial charge in [-0.2, -0.15) is 0 Å². The van der Waals surface area contributed by atoms with Crippen molar-refractivity contribution in [3.05, 3.63) is 29.8 Å². The van der Waals surface area contributed by atoms with Crippen LogP contribution in [0.5, 0.6) is 0 Å². The fraction of sp³-hybridized carbons (Fsp3) is 0.467.